The van der Waals surface area contributed by atoms with Gasteiger partial charge in [-0.15, -0.1) is 5.10 Å². The van der Waals surface area contributed by atoms with Crippen LogP contribution in [0, 0.1) is 4.84 Å². The number of hydrogen-bond donors (Lipinski definition) is 2. The number of rotatable bonds is 1. The Morgan fingerprint density at radius 1 is 1.88 bits per heavy atom. The number of H-pyrrole nitrogens is 1. The molecule has 0 bridgehead atoms. The number of nitrogens with zero attached hydrogens (tertiary/aromatic N) is 1. The Hall–Kier alpha value is -0.840. The van der Waals surface area contributed by atoms with Crippen LogP contribution in [0.15, 0.2) is 4.42 Å². The van der Waals surface area contributed by atoms with E-state index in [2.05, 4.69) is 27.7 Å². The molecule has 5 heteroatoms. The van der Waals surface area contributed by atoms with E-state index in [0.29, 0.717) is 6.01 Å². The Morgan fingerprint density at radius 3 is 2.88 bits per heavy atom. The summed E-state index contributed by atoms with van der Waals surface area (Å²) in [6, 6.07) is 0.412. The summed E-state index contributed by atoms with van der Waals surface area (Å²) in [5.74, 6) is 0. The van der Waals surface area contributed by atoms with Crippen molar-refractivity contribution < 1.29 is 4.42 Å². The molecule has 0 fully saturated rings. The maximum absolute atomic E-state index is 4.77. The number of aromatic amines is 1. The lowest BCUT2D eigenvalue weighted by Crippen LogP contribution is -1.85. The number of nitrogens with one attached hydrogen (secondary N) is 2. The first-order valence-electron chi connectivity index (χ1n) is 2.06. The molecule has 0 radical (unpaired) electrons. The largest absolute Gasteiger partial charge is 0.396 e. The molecule has 1 aromatic heterocycles. The van der Waals surface area contributed by atoms with Crippen molar-refractivity contribution >= 4 is 18.2 Å². The van der Waals surface area contributed by atoms with Gasteiger partial charge in [-0.1, -0.05) is 0 Å². The molecule has 8 heavy (non-hydrogen) atoms. The second kappa shape index (κ2) is 1.95. The minimum atomic E-state index is 0.286. The van der Waals surface area contributed by atoms with Crippen LogP contribution in [0.5, 0.6) is 0 Å². The summed E-state index contributed by atoms with van der Waals surface area (Å²) in [5.41, 5.74) is 0. The van der Waals surface area contributed by atoms with E-state index in [0.717, 1.165) is 0 Å². The molecule has 2 N–H and O–H groups in total. The average molecular weight is 131 g/mol. The van der Waals surface area contributed by atoms with E-state index in [9.17, 15) is 0 Å². The fourth-order valence-corrected chi connectivity index (χ4v) is 0.461. The van der Waals surface area contributed by atoms with Crippen LogP contribution in [-0.4, -0.2) is 17.2 Å². The standard InChI is InChI=1S/C3H5N3OS/c1-4-2-5-6-3(8)7-2/h1H3,(H,4,5)(H,6,8). The second-order valence-electron chi connectivity index (χ2n) is 1.17. The molecule has 0 aromatic carbocycles. The molecule has 0 unspecified atom stereocenters. The van der Waals surface area contributed by atoms with Crippen LogP contribution in [0.2, 0.25) is 0 Å². The van der Waals surface area contributed by atoms with Gasteiger partial charge in [0.2, 0.25) is 0 Å². The van der Waals surface area contributed by atoms with E-state index in [1.54, 1.807) is 7.05 Å². The van der Waals surface area contributed by atoms with Gasteiger partial charge in [-0.25, -0.2) is 5.10 Å². The zero-order valence-corrected chi connectivity index (χ0v) is 5.08. The number of anilines is 1. The van der Waals surface area contributed by atoms with E-state index in [1.807, 2.05) is 0 Å². The van der Waals surface area contributed by atoms with Gasteiger partial charge in [-0.05, 0) is 12.2 Å². The van der Waals surface area contributed by atoms with E-state index < -0.39 is 0 Å². The van der Waals surface area contributed by atoms with Crippen molar-refractivity contribution in [3.05, 3.63) is 4.84 Å². The minimum absolute atomic E-state index is 0.286. The van der Waals surface area contributed by atoms with Crippen molar-refractivity contribution in [1.29, 1.82) is 0 Å². The van der Waals surface area contributed by atoms with Crippen LogP contribution in [0.25, 0.3) is 0 Å². The molecule has 0 saturated carbocycles. The Bertz CT molecular complexity index is 214. The summed E-state index contributed by atoms with van der Waals surface area (Å²) in [6.45, 7) is 0. The quantitative estimate of drug-likeness (QED) is 0.553. The highest BCUT2D eigenvalue weighted by atomic mass is 32.1. The van der Waals surface area contributed by atoms with Crippen molar-refractivity contribution in [2.75, 3.05) is 12.4 Å². The molecule has 1 rings (SSSR count). The topological polar surface area (TPSA) is 53.9 Å². The Balaban J connectivity index is 3.01. The van der Waals surface area contributed by atoms with Gasteiger partial charge in [0.15, 0.2) is 0 Å². The zero-order valence-electron chi connectivity index (χ0n) is 4.26. The fraction of sp³-hybridized carbons (Fsp3) is 0.333. The lowest BCUT2D eigenvalue weighted by molar-refractivity contribution is 0.553. The molecule has 1 aromatic rings. The van der Waals surface area contributed by atoms with Gasteiger partial charge in [-0.2, -0.15) is 0 Å². The SMILES string of the molecule is CNc1n[nH]c(=S)o1. The maximum Gasteiger partial charge on any atom is 0.314 e. The Kier molecular flexibility index (Phi) is 1.29. The molecular formula is C3H5N3OS. The third-order valence-corrected chi connectivity index (χ3v) is 0.827. The molecule has 4 nitrogen and oxygen atoms in total. The first kappa shape index (κ1) is 5.30. The summed E-state index contributed by atoms with van der Waals surface area (Å²) in [6.07, 6.45) is 0. The van der Waals surface area contributed by atoms with Crippen LogP contribution in [0.1, 0.15) is 0 Å². The van der Waals surface area contributed by atoms with E-state index >= 15 is 0 Å². The summed E-state index contributed by atoms with van der Waals surface area (Å²) < 4.78 is 4.77. The van der Waals surface area contributed by atoms with Crippen LogP contribution >= 0.6 is 12.2 Å². The Labute approximate surface area is 50.9 Å². The van der Waals surface area contributed by atoms with Gasteiger partial charge in [0, 0.05) is 7.05 Å². The molecular weight excluding hydrogens is 126 g/mol. The van der Waals surface area contributed by atoms with Gasteiger partial charge in [0.05, 0.1) is 0 Å². The summed E-state index contributed by atoms with van der Waals surface area (Å²) >= 11 is 4.57. The lowest BCUT2D eigenvalue weighted by Gasteiger charge is -1.81. The normalized spacial score (nSPS) is 9.12. The van der Waals surface area contributed by atoms with Crippen molar-refractivity contribution in [1.82, 2.24) is 10.2 Å². The van der Waals surface area contributed by atoms with Gasteiger partial charge in [0.25, 0.3) is 4.84 Å². The molecule has 0 saturated heterocycles. The zero-order chi connectivity index (χ0) is 5.98. The van der Waals surface area contributed by atoms with Crippen molar-refractivity contribution in [2.45, 2.75) is 0 Å². The van der Waals surface area contributed by atoms with Gasteiger partial charge < -0.3 is 9.73 Å². The number of hydrogen-bond acceptors (Lipinski definition) is 4. The molecule has 0 aliphatic rings. The summed E-state index contributed by atoms with van der Waals surface area (Å²) in [4.78, 5) is 0.286. The molecule has 0 aliphatic heterocycles. The predicted molar refractivity (Wildman–Crippen MR) is 31.2 cm³/mol. The third kappa shape index (κ3) is 0.865. The number of aromatic nitrogens is 2. The monoisotopic (exact) mass is 131 g/mol. The molecule has 0 aliphatic carbocycles. The highest BCUT2D eigenvalue weighted by Crippen LogP contribution is 1.96. The van der Waals surface area contributed by atoms with Gasteiger partial charge in [-0.3, -0.25) is 0 Å². The van der Waals surface area contributed by atoms with Crippen molar-refractivity contribution in [3.63, 3.8) is 0 Å². The van der Waals surface area contributed by atoms with Crippen molar-refractivity contribution in [2.24, 2.45) is 0 Å². The predicted octanol–water partition coefficient (Wildman–Crippen LogP) is 0.774. The van der Waals surface area contributed by atoms with Gasteiger partial charge >= 0.3 is 6.01 Å². The fourth-order valence-electron chi connectivity index (χ4n) is 0.337. The molecule has 0 spiro atoms. The minimum Gasteiger partial charge on any atom is -0.396 e. The van der Waals surface area contributed by atoms with Gasteiger partial charge in [0.1, 0.15) is 0 Å². The molecule has 0 amide bonds. The first-order chi connectivity index (χ1) is 3.83. The first-order valence-corrected chi connectivity index (χ1v) is 2.47. The highest BCUT2D eigenvalue weighted by molar-refractivity contribution is 7.71. The van der Waals surface area contributed by atoms with E-state index in [-0.39, 0.29) is 4.84 Å². The lowest BCUT2D eigenvalue weighted by atomic mass is 11.1. The summed E-state index contributed by atoms with van der Waals surface area (Å²) in [5, 5.41) is 8.75. The molecule has 44 valence electrons. The van der Waals surface area contributed by atoms with Crippen LogP contribution in [0.3, 0.4) is 0 Å². The maximum atomic E-state index is 4.77. The molecule has 1 heterocycles. The second-order valence-corrected chi connectivity index (χ2v) is 1.54. The van der Waals surface area contributed by atoms with Crippen molar-refractivity contribution in [3.8, 4) is 0 Å². The average Bonchev–Trinajstić information content (AvgIpc) is 2.14. The summed E-state index contributed by atoms with van der Waals surface area (Å²) in [7, 11) is 1.70. The smallest absolute Gasteiger partial charge is 0.314 e. The van der Waals surface area contributed by atoms with Crippen LogP contribution < -0.4 is 5.32 Å². The van der Waals surface area contributed by atoms with Crippen LogP contribution in [0.4, 0.5) is 6.01 Å². The van der Waals surface area contributed by atoms with E-state index in [1.165, 1.54) is 0 Å². The Morgan fingerprint density at radius 2 is 2.62 bits per heavy atom. The van der Waals surface area contributed by atoms with Crippen LogP contribution in [-0.2, 0) is 0 Å². The third-order valence-electron chi connectivity index (χ3n) is 0.652. The molecule has 0 atom stereocenters. The van der Waals surface area contributed by atoms with E-state index in [4.69, 9.17) is 4.42 Å². The highest BCUT2D eigenvalue weighted by Gasteiger charge is 1.89.